The molecule has 0 aliphatic heterocycles. The molecule has 7 rings (SSSR count). The Morgan fingerprint density at radius 1 is 1.13 bits per heavy atom. The van der Waals surface area contributed by atoms with Gasteiger partial charge in [0.1, 0.15) is 12.0 Å². The van der Waals surface area contributed by atoms with E-state index in [-0.39, 0.29) is 0 Å². The lowest BCUT2D eigenvalue weighted by Crippen LogP contribution is -2.39. The standard InChI is InChI=1S/C24H25N5S/c1-14-15-4-6-16(7-5-15)18(14)9-17-10-21(22-3-2-8-30-22)29-24(28-17)20-12-26-23-19(20)11-25-13-27-23/h2-3,8,10-16,18H,4-7,9H2,1H3,(H,25,26,27). The third kappa shape index (κ3) is 3.05. The van der Waals surface area contributed by atoms with Gasteiger partial charge >= 0.3 is 0 Å². The average Bonchev–Trinajstić information content (AvgIpc) is 3.47. The van der Waals surface area contributed by atoms with E-state index >= 15 is 0 Å². The molecule has 3 saturated carbocycles. The second-order valence-electron chi connectivity index (χ2n) is 8.93. The molecule has 6 heteroatoms. The van der Waals surface area contributed by atoms with E-state index < -0.39 is 0 Å². The number of H-pyrrole nitrogens is 1. The van der Waals surface area contributed by atoms with E-state index in [1.807, 2.05) is 12.4 Å². The van der Waals surface area contributed by atoms with Gasteiger partial charge in [0, 0.05) is 29.0 Å². The molecular formula is C24H25N5S. The number of aromatic amines is 1. The van der Waals surface area contributed by atoms with Gasteiger partial charge in [0.15, 0.2) is 5.82 Å². The third-order valence-corrected chi connectivity index (χ3v) is 8.33. The summed E-state index contributed by atoms with van der Waals surface area (Å²) in [5.41, 5.74) is 3.98. The molecule has 5 nitrogen and oxygen atoms in total. The van der Waals surface area contributed by atoms with Crippen LogP contribution >= 0.6 is 11.3 Å². The molecule has 0 saturated heterocycles. The molecule has 0 amide bonds. The molecular weight excluding hydrogens is 390 g/mol. The summed E-state index contributed by atoms with van der Waals surface area (Å²) in [5.74, 6) is 4.06. The van der Waals surface area contributed by atoms with Gasteiger partial charge in [-0.2, -0.15) is 0 Å². The molecule has 3 aliphatic carbocycles. The van der Waals surface area contributed by atoms with Crippen LogP contribution in [0.5, 0.6) is 0 Å². The van der Waals surface area contributed by atoms with E-state index in [4.69, 9.17) is 9.97 Å². The summed E-state index contributed by atoms with van der Waals surface area (Å²) >= 11 is 1.73. The van der Waals surface area contributed by atoms with Crippen LogP contribution in [0.2, 0.25) is 0 Å². The van der Waals surface area contributed by atoms with E-state index in [0.717, 1.165) is 58.2 Å². The lowest BCUT2D eigenvalue weighted by Gasteiger charge is -2.47. The Morgan fingerprint density at radius 2 is 2.00 bits per heavy atom. The zero-order chi connectivity index (χ0) is 20.1. The first-order valence-electron chi connectivity index (χ1n) is 11.0. The summed E-state index contributed by atoms with van der Waals surface area (Å²) < 4.78 is 0. The van der Waals surface area contributed by atoms with Crippen molar-refractivity contribution >= 4 is 22.4 Å². The number of rotatable bonds is 4. The maximum absolute atomic E-state index is 5.07. The summed E-state index contributed by atoms with van der Waals surface area (Å²) in [6.45, 7) is 2.47. The highest BCUT2D eigenvalue weighted by Gasteiger charge is 2.41. The monoisotopic (exact) mass is 415 g/mol. The fraction of sp³-hybridized carbons (Fsp3) is 0.417. The van der Waals surface area contributed by atoms with Gasteiger partial charge in [0.25, 0.3) is 0 Å². The van der Waals surface area contributed by atoms with Crippen LogP contribution in [-0.4, -0.2) is 24.9 Å². The molecule has 4 heterocycles. The summed E-state index contributed by atoms with van der Waals surface area (Å²) in [7, 11) is 0. The Hall–Kier alpha value is -2.60. The zero-order valence-electron chi connectivity index (χ0n) is 17.1. The largest absolute Gasteiger partial charge is 0.345 e. The highest BCUT2D eigenvalue weighted by Crippen LogP contribution is 2.49. The number of aromatic nitrogens is 5. The molecule has 0 radical (unpaired) electrons. The Labute approximate surface area is 180 Å². The van der Waals surface area contributed by atoms with Crippen LogP contribution in [0.25, 0.3) is 33.0 Å². The summed E-state index contributed by atoms with van der Waals surface area (Å²) in [5, 5.41) is 3.08. The fourth-order valence-electron chi connectivity index (χ4n) is 5.79. The molecule has 2 atom stereocenters. The SMILES string of the molecule is CC1C2CCC(CC2)C1Cc1cc(-c2cccs2)nc(-c2c[nH]c3ncncc23)n1. The smallest absolute Gasteiger partial charge is 0.162 e. The highest BCUT2D eigenvalue weighted by molar-refractivity contribution is 7.13. The molecule has 0 aromatic carbocycles. The summed E-state index contributed by atoms with van der Waals surface area (Å²) in [6.07, 6.45) is 12.1. The average molecular weight is 416 g/mol. The highest BCUT2D eigenvalue weighted by atomic mass is 32.1. The normalized spacial score (nSPS) is 25.8. The topological polar surface area (TPSA) is 67.3 Å². The number of hydrogen-bond acceptors (Lipinski definition) is 5. The Morgan fingerprint density at radius 3 is 2.80 bits per heavy atom. The number of nitrogens with zero attached hydrogens (tertiary/aromatic N) is 4. The van der Waals surface area contributed by atoms with Gasteiger partial charge in [-0.1, -0.05) is 13.0 Å². The van der Waals surface area contributed by atoms with Crippen molar-refractivity contribution in [3.8, 4) is 22.0 Å². The van der Waals surface area contributed by atoms with Gasteiger partial charge in [-0.3, -0.25) is 0 Å². The minimum atomic E-state index is 0.739. The van der Waals surface area contributed by atoms with Crippen LogP contribution in [0.3, 0.4) is 0 Å². The maximum atomic E-state index is 5.07. The van der Waals surface area contributed by atoms with Gasteiger partial charge in [-0.25, -0.2) is 19.9 Å². The molecule has 3 aliphatic rings. The molecule has 2 bridgehead atoms. The van der Waals surface area contributed by atoms with Crippen molar-refractivity contribution in [2.24, 2.45) is 23.7 Å². The summed E-state index contributed by atoms with van der Waals surface area (Å²) in [4.78, 5) is 23.0. The van der Waals surface area contributed by atoms with Crippen molar-refractivity contribution in [3.63, 3.8) is 0 Å². The number of hydrogen-bond donors (Lipinski definition) is 1. The van der Waals surface area contributed by atoms with Gasteiger partial charge in [0.2, 0.25) is 0 Å². The predicted octanol–water partition coefficient (Wildman–Crippen LogP) is 5.76. The van der Waals surface area contributed by atoms with Crippen LogP contribution < -0.4 is 0 Å². The van der Waals surface area contributed by atoms with Crippen LogP contribution in [-0.2, 0) is 6.42 Å². The van der Waals surface area contributed by atoms with E-state index in [9.17, 15) is 0 Å². The number of nitrogens with one attached hydrogen (secondary N) is 1. The predicted molar refractivity (Wildman–Crippen MR) is 120 cm³/mol. The number of thiophene rings is 1. The zero-order valence-corrected chi connectivity index (χ0v) is 17.9. The first-order valence-corrected chi connectivity index (χ1v) is 11.8. The minimum Gasteiger partial charge on any atom is -0.345 e. The molecule has 0 spiro atoms. The second-order valence-corrected chi connectivity index (χ2v) is 9.88. The molecule has 2 unspecified atom stereocenters. The van der Waals surface area contributed by atoms with Crippen molar-refractivity contribution in [1.82, 2.24) is 24.9 Å². The first kappa shape index (κ1) is 18.2. The molecule has 4 aromatic heterocycles. The van der Waals surface area contributed by atoms with E-state index in [1.54, 1.807) is 17.7 Å². The Kier molecular flexibility index (Phi) is 4.41. The Balaban J connectivity index is 1.43. The quantitative estimate of drug-likeness (QED) is 0.460. The third-order valence-electron chi connectivity index (χ3n) is 7.44. The molecule has 152 valence electrons. The van der Waals surface area contributed by atoms with Crippen molar-refractivity contribution in [2.45, 2.75) is 39.0 Å². The van der Waals surface area contributed by atoms with Gasteiger partial charge in [-0.05, 0) is 73.3 Å². The van der Waals surface area contributed by atoms with E-state index in [2.05, 4.69) is 45.5 Å². The van der Waals surface area contributed by atoms with Gasteiger partial charge < -0.3 is 4.98 Å². The lowest BCUT2D eigenvalue weighted by atomic mass is 9.58. The second kappa shape index (κ2) is 7.27. The molecule has 1 N–H and O–H groups in total. The van der Waals surface area contributed by atoms with Crippen LogP contribution in [0.15, 0.2) is 42.3 Å². The van der Waals surface area contributed by atoms with Crippen LogP contribution in [0.1, 0.15) is 38.3 Å². The van der Waals surface area contributed by atoms with Gasteiger partial charge in [-0.15, -0.1) is 11.3 Å². The number of fused-ring (bicyclic) bond motifs is 4. The molecule has 30 heavy (non-hydrogen) atoms. The minimum absolute atomic E-state index is 0.739. The van der Waals surface area contributed by atoms with Crippen LogP contribution in [0.4, 0.5) is 0 Å². The molecule has 4 aromatic rings. The van der Waals surface area contributed by atoms with E-state index in [0.29, 0.717) is 0 Å². The van der Waals surface area contributed by atoms with Crippen LogP contribution in [0, 0.1) is 23.7 Å². The van der Waals surface area contributed by atoms with E-state index in [1.165, 1.54) is 36.3 Å². The van der Waals surface area contributed by atoms with Crippen molar-refractivity contribution in [1.29, 1.82) is 0 Å². The van der Waals surface area contributed by atoms with Crippen molar-refractivity contribution in [3.05, 3.63) is 48.0 Å². The fourth-order valence-corrected chi connectivity index (χ4v) is 6.48. The van der Waals surface area contributed by atoms with Crippen molar-refractivity contribution in [2.75, 3.05) is 0 Å². The maximum Gasteiger partial charge on any atom is 0.162 e. The lowest BCUT2D eigenvalue weighted by molar-refractivity contribution is 0.0339. The molecule has 3 fully saturated rings. The first-order chi connectivity index (χ1) is 14.8. The van der Waals surface area contributed by atoms with Gasteiger partial charge in [0.05, 0.1) is 10.6 Å². The summed E-state index contributed by atoms with van der Waals surface area (Å²) in [6, 6.07) is 6.45. The Bertz CT molecular complexity index is 1170. The van der Waals surface area contributed by atoms with Crippen molar-refractivity contribution < 1.29 is 0 Å².